The highest BCUT2D eigenvalue weighted by atomic mass is 16.6. The molecule has 0 aliphatic carbocycles. The van der Waals surface area contributed by atoms with Crippen molar-refractivity contribution in [2.24, 2.45) is 0 Å². The largest absolute Gasteiger partial charge is 0.494 e. The number of nitrogens with one attached hydrogen (secondary N) is 3. The summed E-state index contributed by atoms with van der Waals surface area (Å²) in [5.41, 5.74) is 0.750. The Morgan fingerprint density at radius 1 is 0.875 bits per heavy atom. The number of anilines is 1. The first kappa shape index (κ1) is 24.7. The molecule has 3 N–H and O–H groups in total. The van der Waals surface area contributed by atoms with Gasteiger partial charge in [-0.05, 0) is 51.0 Å². The lowest BCUT2D eigenvalue weighted by atomic mass is 10.1. The van der Waals surface area contributed by atoms with Crippen LogP contribution in [-0.4, -0.2) is 36.7 Å². The number of benzene rings is 2. The van der Waals surface area contributed by atoms with Gasteiger partial charge in [0.25, 0.3) is 0 Å². The fraction of sp³-hybridized carbons (Fsp3) is 0.375. The third-order valence-electron chi connectivity index (χ3n) is 4.12. The highest BCUT2D eigenvalue weighted by Gasteiger charge is 2.16. The van der Waals surface area contributed by atoms with E-state index in [1.54, 1.807) is 26.8 Å². The molecule has 0 aliphatic rings. The summed E-state index contributed by atoms with van der Waals surface area (Å²) in [6, 6.07) is 16.7. The Balaban J connectivity index is 1.73. The monoisotopic (exact) mass is 441 g/mol. The quantitative estimate of drug-likeness (QED) is 0.488. The summed E-state index contributed by atoms with van der Waals surface area (Å²) in [7, 11) is 0. The smallest absolute Gasteiger partial charge is 0.408 e. The summed E-state index contributed by atoms with van der Waals surface area (Å²) in [5.74, 6) is 0.275. The Morgan fingerprint density at radius 2 is 1.56 bits per heavy atom. The van der Waals surface area contributed by atoms with E-state index in [9.17, 15) is 14.4 Å². The molecule has 0 bridgehead atoms. The number of hydrogen-bond donors (Lipinski definition) is 3. The standard InChI is InChI=1S/C24H31N3O5/c1-24(2,3)32-23(30)26-17-22(29)25-16-18-10-7-8-13-20(18)27-21(28)14-9-15-31-19-11-5-4-6-12-19/h4-8,10-13H,9,14-17H2,1-3H3,(H,25,29)(H,26,30)(H,27,28). The van der Waals surface area contributed by atoms with E-state index in [2.05, 4.69) is 16.0 Å². The Kier molecular flexibility index (Phi) is 9.53. The first-order valence-corrected chi connectivity index (χ1v) is 10.5. The van der Waals surface area contributed by atoms with E-state index in [-0.39, 0.29) is 24.9 Å². The predicted octanol–water partition coefficient (Wildman–Crippen LogP) is 3.63. The molecule has 0 radical (unpaired) electrons. The van der Waals surface area contributed by atoms with Crippen molar-refractivity contribution < 1.29 is 23.9 Å². The first-order valence-electron chi connectivity index (χ1n) is 10.5. The van der Waals surface area contributed by atoms with E-state index in [0.29, 0.717) is 25.1 Å². The van der Waals surface area contributed by atoms with Crippen LogP contribution in [0.15, 0.2) is 54.6 Å². The number of hydrogen-bond acceptors (Lipinski definition) is 5. The zero-order valence-electron chi connectivity index (χ0n) is 18.8. The van der Waals surface area contributed by atoms with Gasteiger partial charge >= 0.3 is 6.09 Å². The summed E-state index contributed by atoms with van der Waals surface area (Å²) in [4.78, 5) is 36.0. The molecule has 8 nitrogen and oxygen atoms in total. The Labute approximate surface area is 188 Å². The van der Waals surface area contributed by atoms with E-state index in [1.807, 2.05) is 48.5 Å². The third kappa shape index (κ3) is 9.97. The molecule has 3 amide bonds. The summed E-state index contributed by atoms with van der Waals surface area (Å²) in [6.45, 7) is 5.68. The van der Waals surface area contributed by atoms with Crippen LogP contribution >= 0.6 is 0 Å². The van der Waals surface area contributed by atoms with Crippen molar-refractivity contribution in [1.29, 1.82) is 0 Å². The Bertz CT molecular complexity index is 894. The van der Waals surface area contributed by atoms with E-state index >= 15 is 0 Å². The van der Waals surface area contributed by atoms with Gasteiger partial charge in [0, 0.05) is 18.7 Å². The minimum Gasteiger partial charge on any atom is -0.494 e. The Morgan fingerprint density at radius 3 is 2.28 bits per heavy atom. The van der Waals surface area contributed by atoms with Crippen molar-refractivity contribution in [1.82, 2.24) is 10.6 Å². The van der Waals surface area contributed by atoms with Crippen molar-refractivity contribution >= 4 is 23.6 Å². The van der Waals surface area contributed by atoms with Crippen LogP contribution in [0, 0.1) is 0 Å². The zero-order chi connectivity index (χ0) is 23.4. The molecule has 2 rings (SSSR count). The molecule has 0 aliphatic heterocycles. The van der Waals surface area contributed by atoms with Crippen molar-refractivity contribution in [2.45, 2.75) is 45.8 Å². The van der Waals surface area contributed by atoms with Crippen LogP contribution in [0.25, 0.3) is 0 Å². The summed E-state index contributed by atoms with van der Waals surface area (Å²) < 4.78 is 10.7. The second-order valence-electron chi connectivity index (χ2n) is 8.10. The maximum absolute atomic E-state index is 12.3. The van der Waals surface area contributed by atoms with Crippen LogP contribution in [0.3, 0.4) is 0 Å². The highest BCUT2D eigenvalue weighted by molar-refractivity contribution is 5.91. The lowest BCUT2D eigenvalue weighted by Gasteiger charge is -2.19. The molecule has 2 aromatic rings. The number of para-hydroxylation sites is 2. The fourth-order valence-electron chi connectivity index (χ4n) is 2.67. The second kappa shape index (κ2) is 12.3. The van der Waals surface area contributed by atoms with Crippen molar-refractivity contribution in [2.75, 3.05) is 18.5 Å². The molecule has 0 saturated heterocycles. The van der Waals surface area contributed by atoms with Crippen LogP contribution in [0.5, 0.6) is 5.75 Å². The number of rotatable bonds is 10. The van der Waals surface area contributed by atoms with E-state index < -0.39 is 11.7 Å². The summed E-state index contributed by atoms with van der Waals surface area (Å²) in [6.07, 6.45) is 0.236. The van der Waals surface area contributed by atoms with Crippen LogP contribution < -0.4 is 20.7 Å². The molecule has 172 valence electrons. The number of ether oxygens (including phenoxy) is 2. The molecule has 0 spiro atoms. The molecule has 0 unspecified atom stereocenters. The van der Waals surface area contributed by atoms with Crippen LogP contribution in [0.4, 0.5) is 10.5 Å². The van der Waals surface area contributed by atoms with Gasteiger partial charge in [0.15, 0.2) is 0 Å². The zero-order valence-corrected chi connectivity index (χ0v) is 18.8. The summed E-state index contributed by atoms with van der Waals surface area (Å²) in [5, 5.41) is 8.00. The SMILES string of the molecule is CC(C)(C)OC(=O)NCC(=O)NCc1ccccc1NC(=O)CCCOc1ccccc1. The van der Waals surface area contributed by atoms with Gasteiger partial charge in [0.05, 0.1) is 6.61 Å². The van der Waals surface area contributed by atoms with Gasteiger partial charge in [-0.3, -0.25) is 9.59 Å². The molecule has 0 fully saturated rings. The average molecular weight is 442 g/mol. The molecule has 0 saturated carbocycles. The normalized spacial score (nSPS) is 10.7. The number of alkyl carbamates (subject to hydrolysis) is 1. The van der Waals surface area contributed by atoms with Gasteiger partial charge in [-0.1, -0.05) is 36.4 Å². The molecule has 0 heterocycles. The van der Waals surface area contributed by atoms with Crippen molar-refractivity contribution in [3.63, 3.8) is 0 Å². The topological polar surface area (TPSA) is 106 Å². The third-order valence-corrected chi connectivity index (χ3v) is 4.12. The highest BCUT2D eigenvalue weighted by Crippen LogP contribution is 2.16. The van der Waals surface area contributed by atoms with Crippen molar-refractivity contribution in [3.05, 3.63) is 60.2 Å². The second-order valence-corrected chi connectivity index (χ2v) is 8.10. The van der Waals surface area contributed by atoms with Crippen molar-refractivity contribution in [3.8, 4) is 5.75 Å². The van der Waals surface area contributed by atoms with Gasteiger partial charge < -0.3 is 25.4 Å². The molecule has 0 aromatic heterocycles. The van der Waals surface area contributed by atoms with Crippen LogP contribution in [-0.2, 0) is 20.9 Å². The van der Waals surface area contributed by atoms with Gasteiger partial charge in [-0.15, -0.1) is 0 Å². The van der Waals surface area contributed by atoms with Crippen LogP contribution in [0.2, 0.25) is 0 Å². The average Bonchev–Trinajstić information content (AvgIpc) is 2.74. The molecular formula is C24H31N3O5. The van der Waals surface area contributed by atoms with Gasteiger partial charge in [0.1, 0.15) is 17.9 Å². The van der Waals surface area contributed by atoms with Gasteiger partial charge in [-0.25, -0.2) is 4.79 Å². The van der Waals surface area contributed by atoms with Gasteiger partial charge in [0.2, 0.25) is 11.8 Å². The number of carbonyl (C=O) groups is 3. The van der Waals surface area contributed by atoms with Gasteiger partial charge in [-0.2, -0.15) is 0 Å². The molecule has 32 heavy (non-hydrogen) atoms. The minimum atomic E-state index is -0.656. The predicted molar refractivity (Wildman–Crippen MR) is 122 cm³/mol. The molecule has 8 heteroatoms. The maximum atomic E-state index is 12.3. The molecular weight excluding hydrogens is 410 g/mol. The summed E-state index contributed by atoms with van der Waals surface area (Å²) >= 11 is 0. The van der Waals surface area contributed by atoms with E-state index in [4.69, 9.17) is 9.47 Å². The van der Waals surface area contributed by atoms with E-state index in [1.165, 1.54) is 0 Å². The molecule has 0 atom stereocenters. The maximum Gasteiger partial charge on any atom is 0.408 e. The van der Waals surface area contributed by atoms with E-state index in [0.717, 1.165) is 11.3 Å². The fourth-order valence-corrected chi connectivity index (χ4v) is 2.67. The molecule has 2 aromatic carbocycles. The number of amides is 3. The lowest BCUT2D eigenvalue weighted by Crippen LogP contribution is -2.39. The Hall–Kier alpha value is -3.55. The number of carbonyl (C=O) groups excluding carboxylic acids is 3. The lowest BCUT2D eigenvalue weighted by molar-refractivity contribution is -0.120. The minimum absolute atomic E-state index is 0.132. The van der Waals surface area contributed by atoms with Crippen LogP contribution in [0.1, 0.15) is 39.2 Å². The first-order chi connectivity index (χ1) is 15.2.